The molecule has 1 aromatic heterocycles. The van der Waals surface area contributed by atoms with Gasteiger partial charge in [-0.05, 0) is 98.5 Å². The van der Waals surface area contributed by atoms with Crippen LogP contribution in [0.1, 0.15) is 37.2 Å². The van der Waals surface area contributed by atoms with Gasteiger partial charge in [0, 0.05) is 19.8 Å². The predicted octanol–water partition coefficient (Wildman–Crippen LogP) is 6.69. The summed E-state index contributed by atoms with van der Waals surface area (Å²) in [5.41, 5.74) is 2.84. The molecule has 2 aliphatic carbocycles. The van der Waals surface area contributed by atoms with Crippen molar-refractivity contribution in [2.45, 2.75) is 32.3 Å². The molecule has 51 heavy (non-hydrogen) atoms. The van der Waals surface area contributed by atoms with Gasteiger partial charge in [0.05, 0.1) is 51.8 Å². The molecule has 1 saturated carbocycles. The Labute approximate surface area is 294 Å². The average molecular weight is 684 g/mol. The summed E-state index contributed by atoms with van der Waals surface area (Å²) in [6, 6.07) is 26.7. The van der Waals surface area contributed by atoms with E-state index in [-0.39, 0.29) is 36.7 Å². The van der Waals surface area contributed by atoms with Gasteiger partial charge in [0.2, 0.25) is 23.6 Å². The van der Waals surface area contributed by atoms with Gasteiger partial charge in [0.15, 0.2) is 0 Å². The van der Waals surface area contributed by atoms with Crippen LogP contribution in [0, 0.1) is 29.1 Å². The fourth-order valence-corrected chi connectivity index (χ4v) is 8.63. The monoisotopic (exact) mass is 683 g/mol. The third kappa shape index (κ3) is 5.05. The van der Waals surface area contributed by atoms with E-state index in [0.717, 1.165) is 11.3 Å². The van der Waals surface area contributed by atoms with Gasteiger partial charge in [-0.25, -0.2) is 4.90 Å². The molecule has 3 fully saturated rings. The number of furan rings is 1. The number of anilines is 3. The van der Waals surface area contributed by atoms with Gasteiger partial charge in [0.25, 0.3) is 0 Å². The second kappa shape index (κ2) is 12.3. The summed E-state index contributed by atoms with van der Waals surface area (Å²) in [6.45, 7) is 1.48. The number of fused-ring (bicyclic) bond motifs is 4. The molecule has 0 spiro atoms. The molecule has 6 unspecified atom stereocenters. The first-order chi connectivity index (χ1) is 24.6. The molecule has 258 valence electrons. The lowest BCUT2D eigenvalue weighted by atomic mass is 9.52. The van der Waals surface area contributed by atoms with Gasteiger partial charge in [-0.2, -0.15) is 10.2 Å². The van der Waals surface area contributed by atoms with Crippen molar-refractivity contribution in [3.05, 3.63) is 114 Å². The molecule has 2 aliphatic heterocycles. The van der Waals surface area contributed by atoms with Crippen molar-refractivity contribution in [3.63, 3.8) is 0 Å². The van der Waals surface area contributed by atoms with E-state index >= 15 is 0 Å². The third-order valence-electron chi connectivity index (χ3n) is 11.2. The first-order valence-corrected chi connectivity index (χ1v) is 17.1. The van der Waals surface area contributed by atoms with E-state index in [1.54, 1.807) is 67.6 Å². The smallest absolute Gasteiger partial charge is 0.241 e. The highest BCUT2D eigenvalue weighted by Crippen LogP contribution is 2.63. The quantitative estimate of drug-likeness (QED) is 0.130. The van der Waals surface area contributed by atoms with Crippen molar-refractivity contribution in [1.82, 2.24) is 0 Å². The number of aliphatic hydroxyl groups is 1. The number of allylic oxidation sites excluding steroid dienone is 2. The largest absolute Gasteiger partial charge is 0.463 e. The number of nitrogens with zero attached hydrogens (tertiary/aromatic N) is 5. The Morgan fingerprint density at radius 2 is 1.43 bits per heavy atom. The van der Waals surface area contributed by atoms with Crippen molar-refractivity contribution in [3.8, 4) is 0 Å². The van der Waals surface area contributed by atoms with Crippen LogP contribution in [0.4, 0.5) is 28.4 Å². The maximum absolute atomic E-state index is 14.4. The van der Waals surface area contributed by atoms with Crippen LogP contribution in [-0.4, -0.2) is 42.8 Å². The van der Waals surface area contributed by atoms with Gasteiger partial charge in [-0.1, -0.05) is 29.8 Å². The Balaban J connectivity index is 1.11. The molecule has 11 nitrogen and oxygen atoms in total. The lowest BCUT2D eigenvalue weighted by Gasteiger charge is -2.48. The highest BCUT2D eigenvalue weighted by Gasteiger charge is 2.68. The number of rotatable bonds is 7. The van der Waals surface area contributed by atoms with Crippen molar-refractivity contribution in [2.75, 3.05) is 28.8 Å². The van der Waals surface area contributed by atoms with E-state index < -0.39 is 35.0 Å². The maximum atomic E-state index is 14.4. The number of azo groups is 1. The molecule has 4 aliphatic rings. The minimum Gasteiger partial charge on any atom is -0.463 e. The molecule has 4 amide bonds. The van der Waals surface area contributed by atoms with Crippen molar-refractivity contribution in [1.29, 1.82) is 0 Å². The fourth-order valence-electron chi connectivity index (χ4n) is 8.63. The van der Waals surface area contributed by atoms with E-state index in [4.69, 9.17) is 4.42 Å². The van der Waals surface area contributed by atoms with Gasteiger partial charge in [0.1, 0.15) is 18.1 Å². The van der Waals surface area contributed by atoms with Crippen LogP contribution >= 0.6 is 0 Å². The Hall–Kier alpha value is -5.68. The Morgan fingerprint density at radius 1 is 0.784 bits per heavy atom. The highest BCUT2D eigenvalue weighted by atomic mass is 16.4. The Morgan fingerprint density at radius 3 is 2.06 bits per heavy atom. The average Bonchev–Trinajstić information content (AvgIpc) is 3.78. The normalized spacial score (nSPS) is 27.1. The first kappa shape index (κ1) is 32.5. The minimum atomic E-state index is -1.21. The van der Waals surface area contributed by atoms with Crippen LogP contribution in [0.2, 0.25) is 0 Å². The second-order valence-corrected chi connectivity index (χ2v) is 14.1. The number of amides is 4. The van der Waals surface area contributed by atoms with Gasteiger partial charge in [-0.3, -0.25) is 24.1 Å². The summed E-state index contributed by atoms with van der Waals surface area (Å²) in [5, 5.41) is 18.5. The number of benzene rings is 3. The molecule has 2 saturated heterocycles. The predicted molar refractivity (Wildman–Crippen MR) is 190 cm³/mol. The lowest BCUT2D eigenvalue weighted by molar-refractivity contribution is -0.131. The Kier molecular flexibility index (Phi) is 7.83. The topological polar surface area (TPSA) is 136 Å². The molecule has 8 rings (SSSR count). The molecule has 0 radical (unpaired) electrons. The van der Waals surface area contributed by atoms with Crippen molar-refractivity contribution >= 4 is 52.1 Å². The fraction of sp³-hybridized carbons (Fsp3) is 0.300. The van der Waals surface area contributed by atoms with E-state index in [0.29, 0.717) is 40.7 Å². The Bertz CT molecular complexity index is 2100. The SMILES string of the molecule is CN(C)c1ccc(N=Nc2ccc(N3C(=O)C4CC=C5C(CC6C(=O)N(c7ccccc7)C(=O)C6(C)C5c5ccc(CO)o5)C4C3=O)cc2)cc1. The zero-order chi connectivity index (χ0) is 35.6. The molecular formula is C40H37N5O6. The zero-order valence-corrected chi connectivity index (χ0v) is 28.5. The van der Waals surface area contributed by atoms with Gasteiger partial charge >= 0.3 is 0 Å². The summed E-state index contributed by atoms with van der Waals surface area (Å²) < 4.78 is 6.09. The van der Waals surface area contributed by atoms with Crippen LogP contribution in [0.3, 0.4) is 0 Å². The number of hydrogen-bond donors (Lipinski definition) is 1. The van der Waals surface area contributed by atoms with Crippen molar-refractivity contribution in [2.24, 2.45) is 39.3 Å². The minimum absolute atomic E-state index is 0.239. The molecule has 6 atom stereocenters. The standard InChI is InChI=1S/C40H37N5O6/c1-40-32(37(48)45(39(40)50)26-7-5-4-6-8-26)21-31-29(35(40)33-20-17-28(22-46)51-33)18-19-30-34(31)38(49)44(36(30)47)27-15-11-24(12-16-27)42-41-23-9-13-25(14-10-23)43(2)3/h4-18,20,30-32,34-35,46H,19,21-22H2,1-3H3. The first-order valence-electron chi connectivity index (χ1n) is 17.1. The third-order valence-corrected chi connectivity index (χ3v) is 11.2. The number of para-hydroxylation sites is 1. The van der Waals surface area contributed by atoms with Crippen LogP contribution in [0.15, 0.2) is 117 Å². The molecule has 4 aromatic rings. The van der Waals surface area contributed by atoms with Gasteiger partial charge < -0.3 is 14.4 Å². The maximum Gasteiger partial charge on any atom is 0.241 e. The summed E-state index contributed by atoms with van der Waals surface area (Å²) in [5.74, 6) is -3.74. The van der Waals surface area contributed by atoms with Crippen molar-refractivity contribution < 1.29 is 28.7 Å². The number of carbonyl (C=O) groups excluding carboxylic acids is 4. The molecule has 11 heteroatoms. The number of imide groups is 2. The molecule has 3 aromatic carbocycles. The lowest BCUT2D eigenvalue weighted by Crippen LogP contribution is -2.48. The number of carbonyl (C=O) groups is 4. The zero-order valence-electron chi connectivity index (χ0n) is 28.5. The van der Waals surface area contributed by atoms with Crippen LogP contribution in [0.25, 0.3) is 0 Å². The molecule has 3 heterocycles. The van der Waals surface area contributed by atoms with Crippen LogP contribution < -0.4 is 14.7 Å². The van der Waals surface area contributed by atoms with E-state index in [2.05, 4.69) is 10.2 Å². The summed E-state index contributed by atoms with van der Waals surface area (Å²) in [6.07, 6.45) is 2.53. The van der Waals surface area contributed by atoms with E-state index in [1.807, 2.05) is 55.4 Å². The molecule has 0 bridgehead atoms. The molecular weight excluding hydrogens is 646 g/mol. The van der Waals surface area contributed by atoms with Crippen LogP contribution in [0.5, 0.6) is 0 Å². The summed E-state index contributed by atoms with van der Waals surface area (Å²) in [4.78, 5) is 61.6. The second-order valence-electron chi connectivity index (χ2n) is 14.1. The van der Waals surface area contributed by atoms with Crippen LogP contribution in [-0.2, 0) is 25.8 Å². The number of hydrogen-bond acceptors (Lipinski definition) is 9. The van der Waals surface area contributed by atoms with E-state index in [1.165, 1.54) is 9.80 Å². The summed E-state index contributed by atoms with van der Waals surface area (Å²) in [7, 11) is 3.93. The number of aliphatic hydroxyl groups excluding tert-OH is 1. The summed E-state index contributed by atoms with van der Waals surface area (Å²) >= 11 is 0. The highest BCUT2D eigenvalue weighted by molar-refractivity contribution is 6.25. The van der Waals surface area contributed by atoms with Gasteiger partial charge in [-0.15, -0.1) is 0 Å². The molecule has 1 N–H and O–H groups in total. The van der Waals surface area contributed by atoms with E-state index in [9.17, 15) is 24.3 Å².